The van der Waals surface area contributed by atoms with Crippen LogP contribution < -0.4 is 10.9 Å². The Labute approximate surface area is 171 Å². The van der Waals surface area contributed by atoms with Crippen molar-refractivity contribution in [1.29, 1.82) is 0 Å². The highest BCUT2D eigenvalue weighted by molar-refractivity contribution is 5.93. The SMILES string of the molecule is O=C(NCc1nn(C2CCCC2)c(=O)c2ccccc12)c1cc(-c2ccco2)[nH]n1. The van der Waals surface area contributed by atoms with Gasteiger partial charge in [0, 0.05) is 11.5 Å². The third-order valence-corrected chi connectivity index (χ3v) is 5.59. The number of aromatic nitrogens is 4. The van der Waals surface area contributed by atoms with Crippen LogP contribution in [0.25, 0.3) is 22.2 Å². The van der Waals surface area contributed by atoms with E-state index in [-0.39, 0.29) is 29.7 Å². The van der Waals surface area contributed by atoms with Gasteiger partial charge in [0.15, 0.2) is 11.5 Å². The Hall–Kier alpha value is -3.68. The fourth-order valence-corrected chi connectivity index (χ4v) is 4.05. The Bertz CT molecular complexity index is 1250. The minimum Gasteiger partial charge on any atom is -0.463 e. The van der Waals surface area contributed by atoms with Crippen LogP contribution in [0.4, 0.5) is 0 Å². The lowest BCUT2D eigenvalue weighted by Crippen LogP contribution is -2.30. The molecule has 3 heterocycles. The van der Waals surface area contributed by atoms with Gasteiger partial charge in [0.05, 0.1) is 29.9 Å². The highest BCUT2D eigenvalue weighted by Gasteiger charge is 2.22. The lowest BCUT2D eigenvalue weighted by atomic mass is 10.1. The van der Waals surface area contributed by atoms with E-state index in [1.165, 1.54) is 0 Å². The zero-order valence-corrected chi connectivity index (χ0v) is 16.3. The lowest BCUT2D eigenvalue weighted by molar-refractivity contribution is 0.0945. The highest BCUT2D eigenvalue weighted by Crippen LogP contribution is 2.28. The molecule has 5 rings (SSSR count). The largest absolute Gasteiger partial charge is 0.463 e. The van der Waals surface area contributed by atoms with Crippen molar-refractivity contribution in [2.75, 3.05) is 0 Å². The van der Waals surface area contributed by atoms with Gasteiger partial charge in [-0.25, -0.2) is 4.68 Å². The molecule has 2 N–H and O–H groups in total. The summed E-state index contributed by atoms with van der Waals surface area (Å²) in [4.78, 5) is 25.6. The van der Waals surface area contributed by atoms with Gasteiger partial charge in [0.1, 0.15) is 5.69 Å². The van der Waals surface area contributed by atoms with Crippen LogP contribution in [0.2, 0.25) is 0 Å². The first kappa shape index (κ1) is 18.4. The van der Waals surface area contributed by atoms with Crippen LogP contribution in [-0.4, -0.2) is 25.9 Å². The van der Waals surface area contributed by atoms with Gasteiger partial charge in [-0.3, -0.25) is 14.7 Å². The Morgan fingerprint density at radius 3 is 2.73 bits per heavy atom. The minimum absolute atomic E-state index is 0.0667. The van der Waals surface area contributed by atoms with Gasteiger partial charge in [-0.15, -0.1) is 0 Å². The molecule has 0 bridgehead atoms. The zero-order chi connectivity index (χ0) is 20.5. The van der Waals surface area contributed by atoms with Crippen LogP contribution in [0.1, 0.15) is 47.9 Å². The summed E-state index contributed by atoms with van der Waals surface area (Å²) in [5.74, 6) is 0.284. The second-order valence-electron chi connectivity index (χ2n) is 7.51. The average molecular weight is 403 g/mol. The van der Waals surface area contributed by atoms with Crippen molar-refractivity contribution in [2.24, 2.45) is 0 Å². The molecule has 4 aromatic rings. The van der Waals surface area contributed by atoms with Crippen LogP contribution in [0, 0.1) is 0 Å². The first-order chi connectivity index (χ1) is 14.7. The summed E-state index contributed by atoms with van der Waals surface area (Å²) in [5, 5.41) is 15.8. The summed E-state index contributed by atoms with van der Waals surface area (Å²) in [6.45, 7) is 0.204. The third-order valence-electron chi connectivity index (χ3n) is 5.59. The van der Waals surface area contributed by atoms with Gasteiger partial charge in [-0.05, 0) is 31.0 Å². The molecule has 1 aliphatic carbocycles. The number of rotatable bonds is 5. The normalized spacial score (nSPS) is 14.4. The van der Waals surface area contributed by atoms with Gasteiger partial charge in [0.25, 0.3) is 11.5 Å². The molecule has 3 aromatic heterocycles. The van der Waals surface area contributed by atoms with Crippen molar-refractivity contribution in [3.05, 3.63) is 70.5 Å². The number of hydrogen-bond acceptors (Lipinski definition) is 5. The van der Waals surface area contributed by atoms with Crippen LogP contribution in [-0.2, 0) is 6.54 Å². The molecule has 1 amide bonds. The lowest BCUT2D eigenvalue weighted by Gasteiger charge is -2.16. The van der Waals surface area contributed by atoms with Gasteiger partial charge in [0.2, 0.25) is 0 Å². The summed E-state index contributed by atoms with van der Waals surface area (Å²) in [5.41, 5.74) is 1.49. The van der Waals surface area contributed by atoms with E-state index in [1.807, 2.05) is 24.3 Å². The van der Waals surface area contributed by atoms with Crippen molar-refractivity contribution >= 4 is 16.7 Å². The number of carbonyl (C=O) groups excluding carboxylic acids is 1. The van der Waals surface area contributed by atoms with E-state index in [2.05, 4.69) is 20.6 Å². The molecule has 0 unspecified atom stereocenters. The number of fused-ring (bicyclic) bond motifs is 1. The highest BCUT2D eigenvalue weighted by atomic mass is 16.3. The topological polar surface area (TPSA) is 106 Å². The molecule has 0 radical (unpaired) electrons. The van der Waals surface area contributed by atoms with Gasteiger partial charge in [-0.1, -0.05) is 31.0 Å². The van der Waals surface area contributed by atoms with E-state index in [4.69, 9.17) is 4.42 Å². The molecule has 0 saturated heterocycles. The quantitative estimate of drug-likeness (QED) is 0.531. The molecule has 1 aliphatic rings. The average Bonchev–Trinajstić information content (AvgIpc) is 3.55. The van der Waals surface area contributed by atoms with Crippen molar-refractivity contribution < 1.29 is 9.21 Å². The second kappa shape index (κ2) is 7.62. The standard InChI is InChI=1S/C22H21N5O3/c28-21(18-12-17(24-25-18)20-10-5-11-30-20)23-13-19-15-8-3-4-9-16(15)22(29)27(26-19)14-6-1-2-7-14/h3-5,8-12,14H,1-2,6-7,13H2,(H,23,28)(H,24,25). The summed E-state index contributed by atoms with van der Waals surface area (Å²) in [7, 11) is 0. The van der Waals surface area contributed by atoms with Gasteiger partial charge < -0.3 is 9.73 Å². The molecule has 1 fully saturated rings. The number of benzene rings is 1. The number of H-pyrrole nitrogens is 1. The Morgan fingerprint density at radius 1 is 1.17 bits per heavy atom. The molecule has 0 atom stereocenters. The molecular weight excluding hydrogens is 382 g/mol. The third kappa shape index (κ3) is 3.30. The second-order valence-corrected chi connectivity index (χ2v) is 7.51. The minimum atomic E-state index is -0.325. The number of aromatic amines is 1. The molecule has 30 heavy (non-hydrogen) atoms. The summed E-state index contributed by atoms with van der Waals surface area (Å²) >= 11 is 0. The van der Waals surface area contributed by atoms with Crippen LogP contribution in [0.3, 0.4) is 0 Å². The Morgan fingerprint density at radius 2 is 1.97 bits per heavy atom. The van der Waals surface area contributed by atoms with Crippen LogP contribution >= 0.6 is 0 Å². The smallest absolute Gasteiger partial charge is 0.274 e. The molecule has 0 spiro atoms. The molecule has 1 aromatic carbocycles. The monoisotopic (exact) mass is 403 g/mol. The molecular formula is C22H21N5O3. The Balaban J connectivity index is 1.41. The van der Waals surface area contributed by atoms with E-state index >= 15 is 0 Å². The summed E-state index contributed by atoms with van der Waals surface area (Å²) < 4.78 is 6.93. The first-order valence-corrected chi connectivity index (χ1v) is 10.1. The van der Waals surface area contributed by atoms with Gasteiger partial charge in [-0.2, -0.15) is 10.2 Å². The van der Waals surface area contributed by atoms with Crippen LogP contribution in [0.15, 0.2) is 57.9 Å². The van der Waals surface area contributed by atoms with Crippen LogP contribution in [0.5, 0.6) is 0 Å². The van der Waals surface area contributed by atoms with E-state index in [0.29, 0.717) is 22.5 Å². The zero-order valence-electron chi connectivity index (χ0n) is 16.3. The fraction of sp³-hybridized carbons (Fsp3) is 0.273. The molecule has 152 valence electrons. The number of carbonyl (C=O) groups is 1. The van der Waals surface area contributed by atoms with Crippen molar-refractivity contribution in [3.8, 4) is 11.5 Å². The predicted molar refractivity (Wildman–Crippen MR) is 111 cm³/mol. The molecule has 8 heteroatoms. The van der Waals surface area contributed by atoms with Crippen molar-refractivity contribution in [1.82, 2.24) is 25.3 Å². The van der Waals surface area contributed by atoms with E-state index in [0.717, 1.165) is 31.1 Å². The maximum Gasteiger partial charge on any atom is 0.274 e. The Kier molecular flexibility index (Phi) is 4.66. The number of nitrogens with zero attached hydrogens (tertiary/aromatic N) is 3. The number of hydrogen-bond donors (Lipinski definition) is 2. The maximum atomic E-state index is 12.9. The molecule has 1 saturated carbocycles. The van der Waals surface area contributed by atoms with Crippen molar-refractivity contribution in [2.45, 2.75) is 38.3 Å². The summed E-state index contributed by atoms with van der Waals surface area (Å²) in [6.07, 6.45) is 5.69. The first-order valence-electron chi connectivity index (χ1n) is 10.1. The number of furan rings is 1. The fourth-order valence-electron chi connectivity index (χ4n) is 4.05. The van der Waals surface area contributed by atoms with Crippen molar-refractivity contribution in [3.63, 3.8) is 0 Å². The van der Waals surface area contributed by atoms with Gasteiger partial charge >= 0.3 is 0 Å². The predicted octanol–water partition coefficient (Wildman–Crippen LogP) is 3.42. The molecule has 8 nitrogen and oxygen atoms in total. The molecule has 0 aliphatic heterocycles. The van der Waals surface area contributed by atoms with E-state index in [9.17, 15) is 9.59 Å². The van der Waals surface area contributed by atoms with E-state index < -0.39 is 0 Å². The number of amides is 1. The summed E-state index contributed by atoms with van der Waals surface area (Å²) in [6, 6.07) is 12.7. The van der Waals surface area contributed by atoms with E-state index in [1.54, 1.807) is 29.1 Å². The number of nitrogens with one attached hydrogen (secondary N) is 2. The maximum absolute atomic E-state index is 12.9.